The number of hydrogen-bond donors (Lipinski definition) is 2. The second-order valence-corrected chi connectivity index (χ2v) is 7.02. The molecule has 2 aliphatic rings. The molecule has 1 aliphatic heterocycles. The van der Waals surface area contributed by atoms with Crippen LogP contribution in [0.4, 0.5) is 19.0 Å². The number of anilines is 1. The lowest BCUT2D eigenvalue weighted by atomic mass is 10.1. The van der Waals surface area contributed by atoms with E-state index in [-0.39, 0.29) is 29.8 Å². The van der Waals surface area contributed by atoms with Crippen molar-refractivity contribution in [3.63, 3.8) is 0 Å². The molecule has 0 aromatic carbocycles. The highest BCUT2D eigenvalue weighted by molar-refractivity contribution is 5.96. The number of hydrogen-bond acceptors (Lipinski definition) is 6. The van der Waals surface area contributed by atoms with Crippen molar-refractivity contribution in [1.82, 2.24) is 25.3 Å². The van der Waals surface area contributed by atoms with Gasteiger partial charge in [-0.2, -0.15) is 13.2 Å². The first-order valence-electron chi connectivity index (χ1n) is 9.16. The van der Waals surface area contributed by atoms with Gasteiger partial charge in [-0.15, -0.1) is 0 Å². The van der Waals surface area contributed by atoms with Gasteiger partial charge < -0.3 is 10.6 Å². The molecule has 4 rings (SSSR count). The van der Waals surface area contributed by atoms with Gasteiger partial charge in [0.25, 0.3) is 5.91 Å². The van der Waals surface area contributed by atoms with Crippen LogP contribution in [0.3, 0.4) is 0 Å². The predicted molar refractivity (Wildman–Crippen MR) is 94.0 cm³/mol. The molecule has 1 amide bonds. The topological polar surface area (TPSA) is 92.7 Å². The molecule has 3 heterocycles. The number of aryl methyl sites for hydroxylation is 1. The number of fused-ring (bicyclic) bond motifs is 1. The lowest BCUT2D eigenvalue weighted by Gasteiger charge is -2.20. The minimum absolute atomic E-state index is 0.114. The first kappa shape index (κ1) is 18.6. The van der Waals surface area contributed by atoms with Gasteiger partial charge >= 0.3 is 6.18 Å². The highest BCUT2D eigenvalue weighted by Gasteiger charge is 2.33. The Hall–Kier alpha value is -2.78. The molecule has 2 N–H and O–H groups in total. The van der Waals surface area contributed by atoms with Crippen LogP contribution in [-0.2, 0) is 19.0 Å². The van der Waals surface area contributed by atoms with Crippen LogP contribution in [0.25, 0.3) is 0 Å². The standard InChI is InChI=1S/C18H19F3N6O/c1-9-8-12(18(19,20)21)25-13(24-9)5-7-22-16-11-4-6-23-17(28)14(11)26-15(27-16)10-2-3-10/h8,10H,2-7H2,1H3,(H,23,28)(H,22,26,27). The molecule has 0 bridgehead atoms. The quantitative estimate of drug-likeness (QED) is 0.812. The zero-order chi connectivity index (χ0) is 19.9. The van der Waals surface area contributed by atoms with E-state index in [1.807, 2.05) is 0 Å². The van der Waals surface area contributed by atoms with Gasteiger partial charge in [0.05, 0.1) is 0 Å². The van der Waals surface area contributed by atoms with Crippen molar-refractivity contribution in [2.24, 2.45) is 0 Å². The molecule has 0 spiro atoms. The van der Waals surface area contributed by atoms with Crippen LogP contribution in [0.2, 0.25) is 0 Å². The Balaban J connectivity index is 1.53. The number of halogens is 3. The summed E-state index contributed by atoms with van der Waals surface area (Å²) in [5, 5.41) is 5.93. The molecule has 1 aliphatic carbocycles. The summed E-state index contributed by atoms with van der Waals surface area (Å²) in [5.74, 6) is 1.39. The van der Waals surface area contributed by atoms with Crippen molar-refractivity contribution in [1.29, 1.82) is 0 Å². The van der Waals surface area contributed by atoms with E-state index in [1.165, 1.54) is 6.92 Å². The van der Waals surface area contributed by atoms with E-state index >= 15 is 0 Å². The number of carbonyl (C=O) groups excluding carboxylic acids is 1. The number of nitrogens with one attached hydrogen (secondary N) is 2. The van der Waals surface area contributed by atoms with Crippen LogP contribution >= 0.6 is 0 Å². The highest BCUT2D eigenvalue weighted by Crippen LogP contribution is 2.39. The Labute approximate surface area is 159 Å². The number of aromatic nitrogens is 4. The van der Waals surface area contributed by atoms with E-state index in [1.54, 1.807) is 0 Å². The predicted octanol–water partition coefficient (Wildman–Crippen LogP) is 2.41. The fourth-order valence-electron chi connectivity index (χ4n) is 3.16. The molecular formula is C18H19F3N6O. The molecule has 0 radical (unpaired) electrons. The summed E-state index contributed by atoms with van der Waals surface area (Å²) in [6.45, 7) is 2.31. The van der Waals surface area contributed by atoms with E-state index in [4.69, 9.17) is 0 Å². The molecule has 0 atom stereocenters. The molecule has 7 nitrogen and oxygen atoms in total. The molecule has 1 fully saturated rings. The fraction of sp³-hybridized carbons (Fsp3) is 0.500. The Morgan fingerprint density at radius 3 is 2.71 bits per heavy atom. The molecular weight excluding hydrogens is 373 g/mol. The Kier molecular flexibility index (Phi) is 4.64. The maximum atomic E-state index is 12.9. The van der Waals surface area contributed by atoms with E-state index < -0.39 is 11.9 Å². The number of alkyl halides is 3. The van der Waals surface area contributed by atoms with Crippen LogP contribution in [0.5, 0.6) is 0 Å². The lowest BCUT2D eigenvalue weighted by molar-refractivity contribution is -0.141. The van der Waals surface area contributed by atoms with Gasteiger partial charge in [-0.25, -0.2) is 19.9 Å². The SMILES string of the molecule is Cc1cc(C(F)(F)F)nc(CCNc2nc(C3CC3)nc3c2CCNC3=O)n1. The number of carbonyl (C=O) groups is 1. The van der Waals surface area contributed by atoms with Gasteiger partial charge in [-0.05, 0) is 32.3 Å². The highest BCUT2D eigenvalue weighted by atomic mass is 19.4. The molecule has 1 saturated carbocycles. The first-order chi connectivity index (χ1) is 13.3. The van der Waals surface area contributed by atoms with Crippen molar-refractivity contribution >= 4 is 11.7 Å². The molecule has 10 heteroatoms. The van der Waals surface area contributed by atoms with Gasteiger partial charge in [-0.3, -0.25) is 4.79 Å². The molecule has 28 heavy (non-hydrogen) atoms. The molecule has 0 unspecified atom stereocenters. The van der Waals surface area contributed by atoms with Gasteiger partial charge in [0.15, 0.2) is 0 Å². The second-order valence-electron chi connectivity index (χ2n) is 7.02. The Morgan fingerprint density at radius 1 is 1.21 bits per heavy atom. The van der Waals surface area contributed by atoms with Crippen molar-refractivity contribution in [3.8, 4) is 0 Å². The van der Waals surface area contributed by atoms with E-state index in [2.05, 4.69) is 30.6 Å². The van der Waals surface area contributed by atoms with E-state index in [9.17, 15) is 18.0 Å². The maximum Gasteiger partial charge on any atom is 0.433 e. The summed E-state index contributed by atoms with van der Waals surface area (Å²) >= 11 is 0. The summed E-state index contributed by atoms with van der Waals surface area (Å²) in [6, 6.07) is 0.929. The lowest BCUT2D eigenvalue weighted by Crippen LogP contribution is -2.34. The third kappa shape index (κ3) is 3.90. The van der Waals surface area contributed by atoms with Gasteiger partial charge in [0, 0.05) is 36.7 Å². The van der Waals surface area contributed by atoms with Crippen LogP contribution < -0.4 is 10.6 Å². The van der Waals surface area contributed by atoms with Crippen molar-refractivity contribution in [2.75, 3.05) is 18.4 Å². The summed E-state index contributed by atoms with van der Waals surface area (Å²) < 4.78 is 38.8. The second kappa shape index (κ2) is 6.99. The molecule has 0 saturated heterocycles. The smallest absolute Gasteiger partial charge is 0.369 e. The first-order valence-corrected chi connectivity index (χ1v) is 9.16. The average Bonchev–Trinajstić information content (AvgIpc) is 3.46. The molecule has 148 valence electrons. The van der Waals surface area contributed by atoms with Crippen LogP contribution in [0.15, 0.2) is 6.07 Å². The third-order valence-corrected chi connectivity index (χ3v) is 4.67. The van der Waals surface area contributed by atoms with Gasteiger partial charge in [0.2, 0.25) is 0 Å². The van der Waals surface area contributed by atoms with Gasteiger partial charge in [0.1, 0.15) is 28.9 Å². The summed E-state index contributed by atoms with van der Waals surface area (Å²) in [5.41, 5.74) is 0.456. The Bertz CT molecular complexity index is 926. The van der Waals surface area contributed by atoms with E-state index in [0.29, 0.717) is 36.8 Å². The monoisotopic (exact) mass is 392 g/mol. The zero-order valence-electron chi connectivity index (χ0n) is 15.2. The van der Waals surface area contributed by atoms with Gasteiger partial charge in [-0.1, -0.05) is 0 Å². The average molecular weight is 392 g/mol. The normalized spacial score (nSPS) is 16.5. The number of amides is 1. The molecule has 2 aromatic rings. The Morgan fingerprint density at radius 2 is 2.00 bits per heavy atom. The summed E-state index contributed by atoms with van der Waals surface area (Å²) in [4.78, 5) is 28.8. The summed E-state index contributed by atoms with van der Waals surface area (Å²) in [6.07, 6.45) is -1.70. The zero-order valence-corrected chi connectivity index (χ0v) is 15.2. The van der Waals surface area contributed by atoms with Crippen molar-refractivity contribution in [3.05, 3.63) is 40.4 Å². The van der Waals surface area contributed by atoms with E-state index in [0.717, 1.165) is 24.5 Å². The molecule has 2 aromatic heterocycles. The van der Waals surface area contributed by atoms with Crippen LogP contribution in [-0.4, -0.2) is 38.9 Å². The third-order valence-electron chi connectivity index (χ3n) is 4.67. The number of rotatable bonds is 5. The minimum atomic E-state index is -4.51. The fourth-order valence-corrected chi connectivity index (χ4v) is 3.16. The minimum Gasteiger partial charge on any atom is -0.369 e. The van der Waals surface area contributed by atoms with Crippen LogP contribution in [0, 0.1) is 6.92 Å². The van der Waals surface area contributed by atoms with Crippen molar-refractivity contribution in [2.45, 2.75) is 44.7 Å². The summed E-state index contributed by atoms with van der Waals surface area (Å²) in [7, 11) is 0. The van der Waals surface area contributed by atoms with Crippen molar-refractivity contribution < 1.29 is 18.0 Å². The maximum absolute atomic E-state index is 12.9. The van der Waals surface area contributed by atoms with Crippen LogP contribution in [0.1, 0.15) is 57.8 Å². The largest absolute Gasteiger partial charge is 0.433 e. The number of nitrogens with zero attached hydrogens (tertiary/aromatic N) is 4.